The summed E-state index contributed by atoms with van der Waals surface area (Å²) in [7, 11) is 2.17. The number of nitrogens with zero attached hydrogens (tertiary/aromatic N) is 1. The van der Waals surface area contributed by atoms with E-state index in [4.69, 9.17) is 4.74 Å². The van der Waals surface area contributed by atoms with E-state index in [2.05, 4.69) is 46.6 Å². The number of ether oxygens (including phenoxy) is 1. The molecule has 0 aromatic carbocycles. The Hall–Kier alpha value is -0.570. The molecule has 0 bridgehead atoms. The van der Waals surface area contributed by atoms with Crippen LogP contribution in [0.25, 0.3) is 0 Å². The van der Waals surface area contributed by atoms with E-state index in [-0.39, 0.29) is 23.0 Å². The van der Waals surface area contributed by atoms with Crippen LogP contribution >= 0.6 is 0 Å². The van der Waals surface area contributed by atoms with Gasteiger partial charge in [-0.2, -0.15) is 0 Å². The van der Waals surface area contributed by atoms with Crippen molar-refractivity contribution >= 4 is 5.97 Å². The summed E-state index contributed by atoms with van der Waals surface area (Å²) < 4.78 is 5.90. The van der Waals surface area contributed by atoms with E-state index < -0.39 is 0 Å². The van der Waals surface area contributed by atoms with Gasteiger partial charge >= 0.3 is 5.97 Å². The zero-order valence-corrected chi connectivity index (χ0v) is 17.8. The summed E-state index contributed by atoms with van der Waals surface area (Å²) in [5.41, 5.74) is 0.00210. The SMILES string of the molecule is CCCCCCCCCCCC(=O)OC1CCN(C)C(C)(C)C1(C)C. The van der Waals surface area contributed by atoms with Crippen molar-refractivity contribution < 1.29 is 9.53 Å². The number of rotatable bonds is 11. The molecule has 3 heteroatoms. The molecule has 3 nitrogen and oxygen atoms in total. The van der Waals surface area contributed by atoms with E-state index in [0.717, 1.165) is 25.8 Å². The highest BCUT2D eigenvalue weighted by Crippen LogP contribution is 2.44. The number of piperidine rings is 1. The van der Waals surface area contributed by atoms with Gasteiger partial charge in [0.1, 0.15) is 6.10 Å². The van der Waals surface area contributed by atoms with Crippen molar-refractivity contribution in [3.05, 3.63) is 0 Å². The maximum atomic E-state index is 12.3. The highest BCUT2D eigenvalue weighted by Gasteiger charge is 2.50. The molecule has 0 aliphatic carbocycles. The van der Waals surface area contributed by atoms with Crippen LogP contribution < -0.4 is 0 Å². The molecular formula is C22H43NO2. The molecule has 0 spiro atoms. The van der Waals surface area contributed by atoms with E-state index in [1.165, 1.54) is 44.9 Å². The van der Waals surface area contributed by atoms with Crippen LogP contribution in [0.15, 0.2) is 0 Å². The molecule has 25 heavy (non-hydrogen) atoms. The smallest absolute Gasteiger partial charge is 0.306 e. The molecule has 0 saturated carbocycles. The first kappa shape index (κ1) is 22.5. The summed E-state index contributed by atoms with van der Waals surface area (Å²) in [5, 5.41) is 0. The van der Waals surface area contributed by atoms with Gasteiger partial charge in [-0.15, -0.1) is 0 Å². The van der Waals surface area contributed by atoms with Crippen molar-refractivity contribution in [1.82, 2.24) is 4.90 Å². The lowest BCUT2D eigenvalue weighted by atomic mass is 9.66. The molecular weight excluding hydrogens is 310 g/mol. The maximum Gasteiger partial charge on any atom is 0.306 e. The third kappa shape index (κ3) is 6.58. The summed E-state index contributed by atoms with van der Waals surface area (Å²) in [6, 6.07) is 0. The van der Waals surface area contributed by atoms with Crippen LogP contribution in [0.3, 0.4) is 0 Å². The Labute approximate surface area is 156 Å². The number of unbranched alkanes of at least 4 members (excludes halogenated alkanes) is 8. The Kier molecular flexibility index (Phi) is 9.48. The minimum Gasteiger partial charge on any atom is -0.462 e. The second-order valence-corrected chi connectivity index (χ2v) is 9.05. The van der Waals surface area contributed by atoms with Crippen LogP contribution in [0, 0.1) is 5.41 Å². The molecule has 1 rings (SSSR count). The van der Waals surface area contributed by atoms with E-state index in [0.29, 0.717) is 6.42 Å². The molecule has 1 saturated heterocycles. The molecule has 1 heterocycles. The molecule has 1 atom stereocenters. The van der Waals surface area contributed by atoms with Crippen molar-refractivity contribution in [1.29, 1.82) is 0 Å². The quantitative estimate of drug-likeness (QED) is 0.339. The van der Waals surface area contributed by atoms with Gasteiger partial charge in [0, 0.05) is 23.9 Å². The summed E-state index contributed by atoms with van der Waals surface area (Å²) in [6.45, 7) is 12.2. The Bertz CT molecular complexity index is 389. The Morgan fingerprint density at radius 3 is 2.04 bits per heavy atom. The molecule has 0 aromatic rings. The van der Waals surface area contributed by atoms with Gasteiger partial charge in [-0.3, -0.25) is 4.79 Å². The monoisotopic (exact) mass is 353 g/mol. The van der Waals surface area contributed by atoms with E-state index in [1.54, 1.807) is 0 Å². The number of esters is 1. The molecule has 1 fully saturated rings. The lowest BCUT2D eigenvalue weighted by molar-refractivity contribution is -0.171. The van der Waals surface area contributed by atoms with Gasteiger partial charge in [-0.05, 0) is 33.7 Å². The van der Waals surface area contributed by atoms with Crippen LogP contribution in [0.2, 0.25) is 0 Å². The zero-order chi connectivity index (χ0) is 18.9. The van der Waals surface area contributed by atoms with Crippen LogP contribution in [0.4, 0.5) is 0 Å². The van der Waals surface area contributed by atoms with Crippen LogP contribution in [0.5, 0.6) is 0 Å². The maximum absolute atomic E-state index is 12.3. The normalized spacial score (nSPS) is 22.7. The Morgan fingerprint density at radius 1 is 0.960 bits per heavy atom. The molecule has 1 aliphatic rings. The van der Waals surface area contributed by atoms with Crippen molar-refractivity contribution in [2.75, 3.05) is 13.6 Å². The predicted octanol–water partition coefficient (Wildman–Crippen LogP) is 5.96. The highest BCUT2D eigenvalue weighted by molar-refractivity contribution is 5.69. The fourth-order valence-electron chi connectivity index (χ4n) is 3.84. The van der Waals surface area contributed by atoms with E-state index in [9.17, 15) is 4.79 Å². The average molecular weight is 354 g/mol. The zero-order valence-electron chi connectivity index (χ0n) is 17.8. The van der Waals surface area contributed by atoms with Crippen LogP contribution in [-0.2, 0) is 9.53 Å². The lowest BCUT2D eigenvalue weighted by Crippen LogP contribution is -2.62. The highest BCUT2D eigenvalue weighted by atomic mass is 16.5. The molecule has 0 amide bonds. The van der Waals surface area contributed by atoms with Gasteiger partial charge < -0.3 is 9.64 Å². The second-order valence-electron chi connectivity index (χ2n) is 9.05. The lowest BCUT2D eigenvalue weighted by Gasteiger charge is -2.55. The second kappa shape index (κ2) is 10.5. The summed E-state index contributed by atoms with van der Waals surface area (Å²) >= 11 is 0. The first-order chi connectivity index (χ1) is 11.7. The minimum absolute atomic E-state index is 0.00127. The number of likely N-dealkylation sites (tertiary alicyclic amines) is 1. The molecule has 0 N–H and O–H groups in total. The Balaban J connectivity index is 2.20. The fraction of sp³-hybridized carbons (Fsp3) is 0.955. The summed E-state index contributed by atoms with van der Waals surface area (Å²) in [6.07, 6.45) is 13.0. The van der Waals surface area contributed by atoms with Gasteiger partial charge in [0.15, 0.2) is 0 Å². The first-order valence-corrected chi connectivity index (χ1v) is 10.6. The largest absolute Gasteiger partial charge is 0.462 e. The Morgan fingerprint density at radius 2 is 1.48 bits per heavy atom. The van der Waals surface area contributed by atoms with Crippen molar-refractivity contribution in [2.24, 2.45) is 5.41 Å². The molecule has 148 valence electrons. The van der Waals surface area contributed by atoms with Gasteiger partial charge in [-0.25, -0.2) is 0 Å². The topological polar surface area (TPSA) is 29.5 Å². The van der Waals surface area contributed by atoms with Gasteiger partial charge in [-0.1, -0.05) is 72.1 Å². The summed E-state index contributed by atoms with van der Waals surface area (Å²) in [4.78, 5) is 14.6. The van der Waals surface area contributed by atoms with Gasteiger partial charge in [0.05, 0.1) is 0 Å². The minimum atomic E-state index is -0.0336. The summed E-state index contributed by atoms with van der Waals surface area (Å²) in [5.74, 6) is 0.00127. The number of carbonyl (C=O) groups excluding carboxylic acids is 1. The molecule has 1 unspecified atom stereocenters. The van der Waals surface area contributed by atoms with E-state index >= 15 is 0 Å². The molecule has 0 aromatic heterocycles. The van der Waals surface area contributed by atoms with Gasteiger partial charge in [0.25, 0.3) is 0 Å². The number of hydrogen-bond acceptors (Lipinski definition) is 3. The first-order valence-electron chi connectivity index (χ1n) is 10.6. The standard InChI is InChI=1S/C22H43NO2/c1-7-8-9-10-11-12-13-14-15-16-20(24)25-19-17-18-23(6)22(4,5)21(19,2)3/h19H,7-18H2,1-6H3. The fourth-order valence-corrected chi connectivity index (χ4v) is 3.84. The molecule has 0 radical (unpaired) electrons. The van der Waals surface area contributed by atoms with Crippen molar-refractivity contribution in [3.8, 4) is 0 Å². The molecule has 1 aliphatic heterocycles. The van der Waals surface area contributed by atoms with Crippen LogP contribution in [-0.4, -0.2) is 36.1 Å². The number of carbonyl (C=O) groups is 1. The van der Waals surface area contributed by atoms with Crippen molar-refractivity contribution in [2.45, 2.75) is 117 Å². The number of hydrogen-bond donors (Lipinski definition) is 0. The van der Waals surface area contributed by atoms with Crippen LogP contribution in [0.1, 0.15) is 105 Å². The third-order valence-corrected chi connectivity index (χ3v) is 6.82. The van der Waals surface area contributed by atoms with E-state index in [1.807, 2.05) is 0 Å². The average Bonchev–Trinajstić information content (AvgIpc) is 2.55. The predicted molar refractivity (Wildman–Crippen MR) is 107 cm³/mol. The third-order valence-electron chi connectivity index (χ3n) is 6.82. The van der Waals surface area contributed by atoms with Crippen molar-refractivity contribution in [3.63, 3.8) is 0 Å². The van der Waals surface area contributed by atoms with Gasteiger partial charge in [0.2, 0.25) is 0 Å².